The Morgan fingerprint density at radius 1 is 1.17 bits per heavy atom. The maximum absolute atomic E-state index is 12.6. The third-order valence-corrected chi connectivity index (χ3v) is 5.28. The number of hydrogen-bond donors (Lipinski definition) is 1. The summed E-state index contributed by atoms with van der Waals surface area (Å²) in [7, 11) is 1.63. The Bertz CT molecular complexity index is 918. The van der Waals surface area contributed by atoms with E-state index in [1.54, 1.807) is 54.5 Å². The predicted molar refractivity (Wildman–Crippen MR) is 110 cm³/mol. The highest BCUT2D eigenvalue weighted by molar-refractivity contribution is 6.30. The third-order valence-electron chi connectivity index (χ3n) is 5.03. The van der Waals surface area contributed by atoms with E-state index >= 15 is 0 Å². The number of piperidine rings is 1. The van der Waals surface area contributed by atoms with E-state index in [1.165, 1.54) is 4.57 Å². The monoisotopic (exact) mass is 417 g/mol. The predicted octanol–water partition coefficient (Wildman–Crippen LogP) is 2.09. The minimum Gasteiger partial charge on any atom is -0.484 e. The molecule has 2 heterocycles. The van der Waals surface area contributed by atoms with Crippen LogP contribution >= 0.6 is 11.6 Å². The number of pyridine rings is 1. The highest BCUT2D eigenvalue weighted by atomic mass is 35.5. The van der Waals surface area contributed by atoms with Crippen LogP contribution in [0.5, 0.6) is 5.75 Å². The number of rotatable bonds is 6. The minimum absolute atomic E-state index is 0.0593. The summed E-state index contributed by atoms with van der Waals surface area (Å²) in [6, 6.07) is 10.1. The number of carbonyl (C=O) groups is 2. The Hall–Kier alpha value is -2.80. The first-order valence-corrected chi connectivity index (χ1v) is 9.92. The Morgan fingerprint density at radius 2 is 1.86 bits per heavy atom. The molecule has 0 aliphatic carbocycles. The lowest BCUT2D eigenvalue weighted by molar-refractivity contribution is -0.123. The van der Waals surface area contributed by atoms with E-state index in [-0.39, 0.29) is 35.5 Å². The fraction of sp³-hybridized carbons (Fsp3) is 0.381. The molecule has 0 bridgehead atoms. The number of hydrogen-bond acceptors (Lipinski definition) is 4. The first-order chi connectivity index (χ1) is 13.9. The van der Waals surface area contributed by atoms with Gasteiger partial charge in [0, 0.05) is 37.9 Å². The fourth-order valence-electron chi connectivity index (χ4n) is 3.26. The van der Waals surface area contributed by atoms with Crippen LogP contribution < -0.4 is 15.6 Å². The van der Waals surface area contributed by atoms with Crippen LogP contribution in [0.2, 0.25) is 5.02 Å². The molecule has 2 amide bonds. The van der Waals surface area contributed by atoms with Gasteiger partial charge in [0.2, 0.25) is 0 Å². The van der Waals surface area contributed by atoms with Gasteiger partial charge in [0.15, 0.2) is 6.61 Å². The lowest BCUT2D eigenvalue weighted by atomic mass is 9.96. The lowest BCUT2D eigenvalue weighted by Gasteiger charge is -2.32. The molecule has 0 unspecified atom stereocenters. The van der Waals surface area contributed by atoms with E-state index in [9.17, 15) is 14.4 Å². The molecule has 0 atom stereocenters. The molecule has 1 aromatic carbocycles. The molecule has 0 spiro atoms. The van der Waals surface area contributed by atoms with Gasteiger partial charge in [0.05, 0.1) is 0 Å². The first kappa shape index (κ1) is 20.9. The third kappa shape index (κ3) is 5.60. The summed E-state index contributed by atoms with van der Waals surface area (Å²) < 4.78 is 6.83. The molecule has 1 saturated heterocycles. The number of aromatic nitrogens is 1. The number of nitrogens with zero attached hydrogens (tertiary/aromatic N) is 2. The van der Waals surface area contributed by atoms with Crippen molar-refractivity contribution in [3.8, 4) is 5.75 Å². The normalized spacial score (nSPS) is 14.5. The summed E-state index contributed by atoms with van der Waals surface area (Å²) in [5.41, 5.74) is -0.0892. The largest absolute Gasteiger partial charge is 0.484 e. The zero-order chi connectivity index (χ0) is 20.8. The van der Waals surface area contributed by atoms with Crippen LogP contribution in [0, 0.1) is 5.92 Å². The zero-order valence-corrected chi connectivity index (χ0v) is 17.0. The average molecular weight is 418 g/mol. The number of aryl methyl sites for hydroxylation is 1. The summed E-state index contributed by atoms with van der Waals surface area (Å²) in [5.74, 6) is 0.455. The van der Waals surface area contributed by atoms with E-state index in [1.807, 2.05) is 0 Å². The highest BCUT2D eigenvalue weighted by Gasteiger charge is 2.25. The van der Waals surface area contributed by atoms with Gasteiger partial charge in [-0.05, 0) is 55.2 Å². The molecule has 7 nitrogen and oxygen atoms in total. The highest BCUT2D eigenvalue weighted by Crippen LogP contribution is 2.18. The van der Waals surface area contributed by atoms with E-state index in [2.05, 4.69) is 5.32 Å². The van der Waals surface area contributed by atoms with Gasteiger partial charge < -0.3 is 19.5 Å². The molecule has 2 aromatic rings. The maximum atomic E-state index is 12.6. The Labute approximate surface area is 174 Å². The van der Waals surface area contributed by atoms with Crippen LogP contribution in [0.4, 0.5) is 0 Å². The van der Waals surface area contributed by atoms with E-state index in [0.29, 0.717) is 30.4 Å². The maximum Gasteiger partial charge on any atom is 0.263 e. The van der Waals surface area contributed by atoms with Gasteiger partial charge in [-0.2, -0.15) is 0 Å². The second-order valence-electron chi connectivity index (χ2n) is 7.12. The van der Waals surface area contributed by atoms with Crippen molar-refractivity contribution in [2.45, 2.75) is 12.8 Å². The summed E-state index contributed by atoms with van der Waals surface area (Å²) in [6.45, 7) is 1.62. The number of carbonyl (C=O) groups excluding carboxylic acids is 2. The second kappa shape index (κ2) is 9.60. The molecule has 1 fully saturated rings. The molecular formula is C21H24ClN3O4. The van der Waals surface area contributed by atoms with Gasteiger partial charge in [0.25, 0.3) is 17.4 Å². The summed E-state index contributed by atoms with van der Waals surface area (Å²) in [6.07, 6.45) is 3.18. The fourth-order valence-corrected chi connectivity index (χ4v) is 3.39. The molecular weight excluding hydrogens is 394 g/mol. The number of ether oxygens (including phenoxy) is 1. The number of nitrogens with one attached hydrogen (secondary N) is 1. The Morgan fingerprint density at radius 3 is 2.55 bits per heavy atom. The van der Waals surface area contributed by atoms with Crippen molar-refractivity contribution in [2.24, 2.45) is 13.0 Å². The average Bonchev–Trinajstić information content (AvgIpc) is 2.73. The van der Waals surface area contributed by atoms with E-state index in [0.717, 1.165) is 12.8 Å². The van der Waals surface area contributed by atoms with Crippen molar-refractivity contribution >= 4 is 23.4 Å². The zero-order valence-electron chi connectivity index (χ0n) is 16.3. The van der Waals surface area contributed by atoms with Crippen LogP contribution in [0.15, 0.2) is 47.4 Å². The van der Waals surface area contributed by atoms with Crippen LogP contribution in [0.3, 0.4) is 0 Å². The van der Waals surface area contributed by atoms with Crippen molar-refractivity contribution in [3.05, 3.63) is 63.5 Å². The first-order valence-electron chi connectivity index (χ1n) is 9.54. The van der Waals surface area contributed by atoms with Gasteiger partial charge >= 0.3 is 0 Å². The molecule has 1 N–H and O–H groups in total. The molecule has 8 heteroatoms. The number of halogens is 1. The Balaban J connectivity index is 1.41. The number of benzene rings is 1. The molecule has 1 aliphatic rings. The standard InChI is InChI=1S/C21H24ClN3O4/c1-24-10-2-3-18(20(24)27)21(28)25-11-8-15(9-12-25)13-23-19(26)14-29-17-6-4-16(22)5-7-17/h2-7,10,15H,8-9,11-14H2,1H3,(H,23,26). The van der Waals surface area contributed by atoms with Crippen molar-refractivity contribution in [1.29, 1.82) is 0 Å². The van der Waals surface area contributed by atoms with Crippen LogP contribution in [0.1, 0.15) is 23.2 Å². The molecule has 0 radical (unpaired) electrons. The second-order valence-corrected chi connectivity index (χ2v) is 7.56. The SMILES string of the molecule is Cn1cccc(C(=O)N2CCC(CNC(=O)COc3ccc(Cl)cc3)CC2)c1=O. The summed E-state index contributed by atoms with van der Waals surface area (Å²) >= 11 is 5.81. The molecule has 154 valence electrons. The van der Waals surface area contributed by atoms with Gasteiger partial charge in [0.1, 0.15) is 11.3 Å². The van der Waals surface area contributed by atoms with E-state index < -0.39 is 0 Å². The van der Waals surface area contributed by atoms with Crippen molar-refractivity contribution in [1.82, 2.24) is 14.8 Å². The van der Waals surface area contributed by atoms with Crippen LogP contribution in [0.25, 0.3) is 0 Å². The topological polar surface area (TPSA) is 80.6 Å². The van der Waals surface area contributed by atoms with Gasteiger partial charge in [-0.15, -0.1) is 0 Å². The van der Waals surface area contributed by atoms with Crippen molar-refractivity contribution in [2.75, 3.05) is 26.2 Å². The molecule has 1 aromatic heterocycles. The van der Waals surface area contributed by atoms with Crippen molar-refractivity contribution < 1.29 is 14.3 Å². The van der Waals surface area contributed by atoms with Crippen LogP contribution in [-0.4, -0.2) is 47.5 Å². The Kier molecular flexibility index (Phi) is 6.93. The van der Waals surface area contributed by atoms with E-state index in [4.69, 9.17) is 16.3 Å². The van der Waals surface area contributed by atoms with Crippen LogP contribution in [-0.2, 0) is 11.8 Å². The van der Waals surface area contributed by atoms with Gasteiger partial charge in [-0.25, -0.2) is 0 Å². The minimum atomic E-state index is -0.285. The molecule has 3 rings (SSSR count). The number of likely N-dealkylation sites (tertiary alicyclic amines) is 1. The van der Waals surface area contributed by atoms with Crippen molar-refractivity contribution in [3.63, 3.8) is 0 Å². The summed E-state index contributed by atoms with van der Waals surface area (Å²) in [5, 5.41) is 3.49. The molecule has 0 saturated carbocycles. The lowest BCUT2D eigenvalue weighted by Crippen LogP contribution is -2.43. The quantitative estimate of drug-likeness (QED) is 0.780. The van der Waals surface area contributed by atoms with Gasteiger partial charge in [-0.3, -0.25) is 14.4 Å². The summed E-state index contributed by atoms with van der Waals surface area (Å²) in [4.78, 5) is 38.4. The van der Waals surface area contributed by atoms with Gasteiger partial charge in [-0.1, -0.05) is 11.6 Å². The molecule has 29 heavy (non-hydrogen) atoms. The number of amides is 2. The smallest absolute Gasteiger partial charge is 0.263 e. The molecule has 1 aliphatic heterocycles.